The summed E-state index contributed by atoms with van der Waals surface area (Å²) in [6, 6.07) is 6.64. The van der Waals surface area contributed by atoms with Gasteiger partial charge in [-0.3, -0.25) is 0 Å². The first-order valence-electron chi connectivity index (χ1n) is 6.03. The Balaban J connectivity index is 2.48. The zero-order valence-corrected chi connectivity index (χ0v) is 11.6. The minimum atomic E-state index is -1.04. The van der Waals surface area contributed by atoms with Crippen LogP contribution < -0.4 is 0 Å². The van der Waals surface area contributed by atoms with Gasteiger partial charge in [-0.05, 0) is 17.7 Å². The molecule has 8 heteroatoms. The Labute approximate surface area is 128 Å². The predicted octanol–water partition coefficient (Wildman–Crippen LogP) is 2.48. The zero-order valence-electron chi connectivity index (χ0n) is 10.8. The van der Waals surface area contributed by atoms with Gasteiger partial charge >= 0.3 is 0 Å². The molecule has 5 N–H and O–H groups in total. The van der Waals surface area contributed by atoms with Crippen molar-refractivity contribution < 1.29 is 25.5 Å². The van der Waals surface area contributed by atoms with Gasteiger partial charge in [0.05, 0.1) is 16.8 Å². The second-order valence-electron chi connectivity index (χ2n) is 4.48. The molecule has 0 spiro atoms. The minimum absolute atomic E-state index is 0.00352. The molecule has 0 unspecified atom stereocenters. The molecule has 112 valence electrons. The van der Waals surface area contributed by atoms with Crippen molar-refractivity contribution in [3.63, 3.8) is 0 Å². The summed E-state index contributed by atoms with van der Waals surface area (Å²) in [4.78, 5) is 7.94. The number of halogens is 1. The lowest BCUT2D eigenvalue weighted by molar-refractivity contribution is 0.330. The summed E-state index contributed by atoms with van der Waals surface area (Å²) < 4.78 is 0. The number of hydrogen-bond acceptors (Lipinski definition) is 7. The SMILES string of the molecule is Oc1c(O)c(O)c(-c2nc(Cl)nc3ccccc23)c(O)c1O. The highest BCUT2D eigenvalue weighted by molar-refractivity contribution is 6.29. The minimum Gasteiger partial charge on any atom is -0.504 e. The van der Waals surface area contributed by atoms with Crippen molar-refractivity contribution in [1.29, 1.82) is 0 Å². The quantitative estimate of drug-likeness (QED) is 0.265. The molecule has 22 heavy (non-hydrogen) atoms. The molecule has 3 rings (SSSR count). The number of hydrogen-bond donors (Lipinski definition) is 5. The van der Waals surface area contributed by atoms with Crippen LogP contribution in [0.5, 0.6) is 28.7 Å². The lowest BCUT2D eigenvalue weighted by Gasteiger charge is -2.13. The van der Waals surface area contributed by atoms with Crippen LogP contribution in [0.2, 0.25) is 5.28 Å². The Kier molecular flexibility index (Phi) is 3.07. The molecule has 0 atom stereocenters. The van der Waals surface area contributed by atoms with E-state index in [-0.39, 0.29) is 16.5 Å². The van der Waals surface area contributed by atoms with Crippen molar-refractivity contribution in [1.82, 2.24) is 9.97 Å². The number of nitrogens with zero attached hydrogens (tertiary/aromatic N) is 2. The number of aromatic nitrogens is 2. The van der Waals surface area contributed by atoms with Gasteiger partial charge in [-0.25, -0.2) is 9.97 Å². The Morgan fingerprint density at radius 3 is 1.91 bits per heavy atom. The van der Waals surface area contributed by atoms with E-state index in [9.17, 15) is 25.5 Å². The lowest BCUT2D eigenvalue weighted by Crippen LogP contribution is -1.93. The van der Waals surface area contributed by atoms with Gasteiger partial charge in [0.2, 0.25) is 22.5 Å². The predicted molar refractivity (Wildman–Crippen MR) is 78.3 cm³/mol. The van der Waals surface area contributed by atoms with E-state index in [4.69, 9.17) is 11.6 Å². The van der Waals surface area contributed by atoms with Crippen LogP contribution in [0.1, 0.15) is 0 Å². The molecule has 1 heterocycles. The average Bonchev–Trinajstić information content (AvgIpc) is 2.51. The van der Waals surface area contributed by atoms with E-state index in [1.54, 1.807) is 24.3 Å². The van der Waals surface area contributed by atoms with Crippen LogP contribution in [0.25, 0.3) is 22.2 Å². The maximum atomic E-state index is 10.0. The molecule has 0 aliphatic rings. The van der Waals surface area contributed by atoms with E-state index in [0.717, 1.165) is 0 Å². The van der Waals surface area contributed by atoms with Crippen molar-refractivity contribution in [3.8, 4) is 40.0 Å². The van der Waals surface area contributed by atoms with Gasteiger partial charge in [-0.2, -0.15) is 0 Å². The molecule has 0 saturated heterocycles. The molecule has 2 aromatic carbocycles. The highest BCUT2D eigenvalue weighted by Crippen LogP contribution is 2.55. The maximum absolute atomic E-state index is 10.0. The molecule has 0 amide bonds. The van der Waals surface area contributed by atoms with E-state index in [2.05, 4.69) is 9.97 Å². The summed E-state index contributed by atoms with van der Waals surface area (Å²) in [5.41, 5.74) is 0.0628. The van der Waals surface area contributed by atoms with E-state index in [1.165, 1.54) is 0 Å². The lowest BCUT2D eigenvalue weighted by atomic mass is 10.0. The normalized spacial score (nSPS) is 11.0. The van der Waals surface area contributed by atoms with Crippen LogP contribution in [0, 0.1) is 0 Å². The third kappa shape index (κ3) is 1.91. The molecule has 7 nitrogen and oxygen atoms in total. The van der Waals surface area contributed by atoms with Gasteiger partial charge < -0.3 is 25.5 Å². The summed E-state index contributed by atoms with van der Waals surface area (Å²) in [6.07, 6.45) is 0. The molecular weight excluding hydrogens is 312 g/mol. The van der Waals surface area contributed by atoms with Crippen molar-refractivity contribution in [2.75, 3.05) is 0 Å². The third-order valence-electron chi connectivity index (χ3n) is 3.18. The largest absolute Gasteiger partial charge is 0.504 e. The summed E-state index contributed by atoms with van der Waals surface area (Å²) in [5, 5.41) is 49.0. The molecule has 0 saturated carbocycles. The van der Waals surface area contributed by atoms with E-state index in [1.807, 2.05) is 0 Å². The zero-order chi connectivity index (χ0) is 16.0. The van der Waals surface area contributed by atoms with E-state index < -0.39 is 28.7 Å². The van der Waals surface area contributed by atoms with Crippen LogP contribution in [-0.4, -0.2) is 35.5 Å². The summed E-state index contributed by atoms with van der Waals surface area (Å²) in [7, 11) is 0. The monoisotopic (exact) mass is 320 g/mol. The highest BCUT2D eigenvalue weighted by atomic mass is 35.5. The molecule has 0 fully saturated rings. The summed E-state index contributed by atoms with van der Waals surface area (Å²) in [6.45, 7) is 0. The number of rotatable bonds is 1. The van der Waals surface area contributed by atoms with E-state index in [0.29, 0.717) is 10.9 Å². The fraction of sp³-hybridized carbons (Fsp3) is 0. The highest BCUT2D eigenvalue weighted by Gasteiger charge is 2.26. The summed E-state index contributed by atoms with van der Waals surface area (Å²) >= 11 is 5.83. The maximum Gasteiger partial charge on any atom is 0.223 e. The second kappa shape index (κ2) is 4.81. The fourth-order valence-electron chi connectivity index (χ4n) is 2.15. The van der Waals surface area contributed by atoms with Crippen molar-refractivity contribution in [2.24, 2.45) is 0 Å². The van der Waals surface area contributed by atoms with Crippen LogP contribution in [-0.2, 0) is 0 Å². The number of aromatic hydroxyl groups is 5. The molecule has 1 aromatic heterocycles. The molecule has 0 aliphatic carbocycles. The number of fused-ring (bicyclic) bond motifs is 1. The standard InChI is InChI=1S/C14H9ClN2O5/c15-14-16-6-4-2-1-3-5(6)8(17-14)7-9(18)11(20)13(22)12(21)10(7)19/h1-4,18-22H. The molecular formula is C14H9ClN2O5. The fourth-order valence-corrected chi connectivity index (χ4v) is 2.32. The first-order chi connectivity index (χ1) is 10.4. The average molecular weight is 321 g/mol. The van der Waals surface area contributed by atoms with Crippen LogP contribution in [0.4, 0.5) is 0 Å². The van der Waals surface area contributed by atoms with Crippen LogP contribution in [0.3, 0.4) is 0 Å². The van der Waals surface area contributed by atoms with Gasteiger partial charge in [0.15, 0.2) is 11.5 Å². The van der Waals surface area contributed by atoms with Crippen molar-refractivity contribution in [3.05, 3.63) is 29.5 Å². The van der Waals surface area contributed by atoms with Crippen LogP contribution in [0.15, 0.2) is 24.3 Å². The van der Waals surface area contributed by atoms with Crippen molar-refractivity contribution in [2.45, 2.75) is 0 Å². The first-order valence-corrected chi connectivity index (χ1v) is 6.41. The van der Waals surface area contributed by atoms with E-state index >= 15 is 0 Å². The Morgan fingerprint density at radius 2 is 1.27 bits per heavy atom. The molecule has 0 aliphatic heterocycles. The summed E-state index contributed by atoms with van der Waals surface area (Å²) in [5.74, 6) is -4.68. The van der Waals surface area contributed by atoms with Gasteiger partial charge in [0.25, 0.3) is 0 Å². The van der Waals surface area contributed by atoms with Crippen molar-refractivity contribution >= 4 is 22.5 Å². The van der Waals surface area contributed by atoms with Crippen LogP contribution >= 0.6 is 11.6 Å². The van der Waals surface area contributed by atoms with Gasteiger partial charge in [-0.15, -0.1) is 0 Å². The first kappa shape index (κ1) is 14.0. The number of phenols is 5. The number of para-hydroxylation sites is 1. The second-order valence-corrected chi connectivity index (χ2v) is 4.81. The number of phenolic OH excluding ortho intramolecular Hbond substituents is 5. The molecule has 0 bridgehead atoms. The molecule has 0 radical (unpaired) electrons. The Bertz CT molecular complexity index is 884. The third-order valence-corrected chi connectivity index (χ3v) is 3.35. The topological polar surface area (TPSA) is 127 Å². The van der Waals surface area contributed by atoms with Gasteiger partial charge in [0.1, 0.15) is 0 Å². The Morgan fingerprint density at radius 1 is 0.727 bits per heavy atom. The van der Waals surface area contributed by atoms with Gasteiger partial charge in [0, 0.05) is 5.39 Å². The molecule has 3 aromatic rings. The Hall–Kier alpha value is -2.93. The smallest absolute Gasteiger partial charge is 0.223 e. The number of benzene rings is 2. The van der Waals surface area contributed by atoms with Gasteiger partial charge in [-0.1, -0.05) is 18.2 Å².